The summed E-state index contributed by atoms with van der Waals surface area (Å²) in [6, 6.07) is 0. The summed E-state index contributed by atoms with van der Waals surface area (Å²) in [6.07, 6.45) is -3.09. The molecule has 0 rings (SSSR count). The van der Waals surface area contributed by atoms with Crippen molar-refractivity contribution in [2.45, 2.75) is 12.2 Å². The molecule has 11 nitrogen and oxygen atoms in total. The summed E-state index contributed by atoms with van der Waals surface area (Å²) in [6.45, 7) is -3.45. The van der Waals surface area contributed by atoms with E-state index in [4.69, 9.17) is 20.4 Å². The van der Waals surface area contributed by atoms with Gasteiger partial charge in [-0.25, -0.2) is 8.37 Å². The minimum atomic E-state index is -5.03. The highest BCUT2D eigenvalue weighted by molar-refractivity contribution is 7.95. The highest BCUT2D eigenvalue weighted by Crippen LogP contribution is 2.06. The van der Waals surface area contributed by atoms with Crippen LogP contribution in [0.3, 0.4) is 0 Å². The topological polar surface area (TPSA) is 177 Å². The first-order valence-corrected chi connectivity index (χ1v) is 7.36. The van der Waals surface area contributed by atoms with Crippen LogP contribution >= 0.6 is 0 Å². The SMILES string of the molecule is O=S(=O)(OCC(O)CO)OS(=O)(=O)OCC(O)CO. The zero-order valence-electron chi connectivity index (χ0n) is 9.45. The lowest BCUT2D eigenvalue weighted by Gasteiger charge is -2.10. The molecule has 0 heterocycles. The second-order valence-electron chi connectivity index (χ2n) is 3.13. The number of hydrogen-bond acceptors (Lipinski definition) is 11. The van der Waals surface area contributed by atoms with Crippen molar-refractivity contribution < 1.29 is 49.3 Å². The van der Waals surface area contributed by atoms with E-state index in [0.717, 1.165) is 0 Å². The van der Waals surface area contributed by atoms with Crippen LogP contribution in [0.2, 0.25) is 0 Å². The fourth-order valence-electron chi connectivity index (χ4n) is 0.571. The molecule has 0 aliphatic carbocycles. The highest BCUT2D eigenvalue weighted by atomic mass is 32.3. The molecule has 0 amide bonds. The fourth-order valence-corrected chi connectivity index (χ4v) is 2.35. The van der Waals surface area contributed by atoms with E-state index in [-0.39, 0.29) is 0 Å². The lowest BCUT2D eigenvalue weighted by Crippen LogP contribution is -2.27. The predicted molar refractivity (Wildman–Crippen MR) is 57.0 cm³/mol. The van der Waals surface area contributed by atoms with Crippen molar-refractivity contribution >= 4 is 20.8 Å². The van der Waals surface area contributed by atoms with E-state index in [1.165, 1.54) is 0 Å². The average Bonchev–Trinajstić information content (AvgIpc) is 2.31. The van der Waals surface area contributed by atoms with Crippen molar-refractivity contribution in [3.8, 4) is 0 Å². The van der Waals surface area contributed by atoms with Crippen molar-refractivity contribution in [2.24, 2.45) is 0 Å². The number of hydrogen-bond donors (Lipinski definition) is 4. The van der Waals surface area contributed by atoms with Gasteiger partial charge in [0.25, 0.3) is 0 Å². The molecule has 0 spiro atoms. The Bertz CT molecular complexity index is 398. The van der Waals surface area contributed by atoms with Crippen LogP contribution in [0, 0.1) is 0 Å². The van der Waals surface area contributed by atoms with Crippen LogP contribution < -0.4 is 0 Å². The van der Waals surface area contributed by atoms with Crippen LogP contribution in [0.5, 0.6) is 0 Å². The molecular formula is C6H14O11S2. The molecule has 2 unspecified atom stereocenters. The Hall–Kier alpha value is -0.380. The third kappa shape index (κ3) is 9.20. The Kier molecular flexibility index (Phi) is 7.87. The van der Waals surface area contributed by atoms with Gasteiger partial charge in [0, 0.05) is 0 Å². The Labute approximate surface area is 109 Å². The van der Waals surface area contributed by atoms with Gasteiger partial charge in [0.1, 0.15) is 12.2 Å². The predicted octanol–water partition coefficient (Wildman–Crippen LogP) is -3.77. The van der Waals surface area contributed by atoms with Gasteiger partial charge in [-0.1, -0.05) is 0 Å². The Balaban J connectivity index is 4.39. The van der Waals surface area contributed by atoms with E-state index >= 15 is 0 Å². The summed E-state index contributed by atoms with van der Waals surface area (Å²) >= 11 is 0. The normalized spacial score (nSPS) is 16.2. The smallest absolute Gasteiger partial charge is 0.394 e. The molecule has 0 aromatic rings. The van der Waals surface area contributed by atoms with Gasteiger partial charge in [0.2, 0.25) is 0 Å². The van der Waals surface area contributed by atoms with Gasteiger partial charge < -0.3 is 20.4 Å². The third-order valence-corrected chi connectivity index (χ3v) is 3.58. The van der Waals surface area contributed by atoms with Gasteiger partial charge in [-0.05, 0) is 0 Å². The van der Waals surface area contributed by atoms with Crippen molar-refractivity contribution in [1.29, 1.82) is 0 Å². The summed E-state index contributed by atoms with van der Waals surface area (Å²) in [7, 11) is -10.1. The second kappa shape index (κ2) is 8.03. The Morgan fingerprint density at radius 3 is 1.37 bits per heavy atom. The standard InChI is InChI=1S/C6H14O11S2/c7-1-5(9)3-15-18(11,12)17-19(13,14)16-4-6(10)2-8/h5-10H,1-4H2. The number of aliphatic hydroxyl groups is 4. The van der Waals surface area contributed by atoms with Crippen LogP contribution in [0.15, 0.2) is 0 Å². The van der Waals surface area contributed by atoms with Crippen molar-refractivity contribution in [1.82, 2.24) is 0 Å². The van der Waals surface area contributed by atoms with Gasteiger partial charge in [-0.2, -0.15) is 16.8 Å². The molecule has 116 valence electrons. The van der Waals surface area contributed by atoms with E-state index in [1.54, 1.807) is 0 Å². The van der Waals surface area contributed by atoms with Crippen molar-refractivity contribution in [3.63, 3.8) is 0 Å². The maximum Gasteiger partial charge on any atom is 0.416 e. The summed E-state index contributed by atoms with van der Waals surface area (Å²) in [5, 5.41) is 34.3. The maximum atomic E-state index is 11.0. The van der Waals surface area contributed by atoms with Gasteiger partial charge in [0.05, 0.1) is 26.4 Å². The van der Waals surface area contributed by atoms with Crippen LogP contribution in [0.1, 0.15) is 0 Å². The number of rotatable bonds is 10. The van der Waals surface area contributed by atoms with Gasteiger partial charge in [-0.3, -0.25) is 0 Å². The van der Waals surface area contributed by atoms with Crippen molar-refractivity contribution in [2.75, 3.05) is 26.4 Å². The van der Waals surface area contributed by atoms with Crippen LogP contribution in [-0.2, 0) is 32.8 Å². The van der Waals surface area contributed by atoms with E-state index in [1.807, 2.05) is 0 Å². The first-order chi connectivity index (χ1) is 8.62. The summed E-state index contributed by atoms with van der Waals surface area (Å²) < 4.78 is 55.3. The second-order valence-corrected chi connectivity index (χ2v) is 5.78. The molecule has 19 heavy (non-hydrogen) atoms. The van der Waals surface area contributed by atoms with E-state index < -0.39 is 59.4 Å². The minimum Gasteiger partial charge on any atom is -0.394 e. The highest BCUT2D eigenvalue weighted by Gasteiger charge is 2.26. The molecule has 0 bridgehead atoms. The zero-order chi connectivity index (χ0) is 15.1. The third-order valence-electron chi connectivity index (χ3n) is 1.40. The molecule has 0 saturated heterocycles. The Morgan fingerprint density at radius 2 is 1.11 bits per heavy atom. The molecule has 4 N–H and O–H groups in total. The molecule has 0 aliphatic rings. The Morgan fingerprint density at radius 1 is 0.789 bits per heavy atom. The molecule has 13 heteroatoms. The molecule has 0 aromatic heterocycles. The molecule has 0 aliphatic heterocycles. The fraction of sp³-hybridized carbons (Fsp3) is 1.00. The lowest BCUT2D eigenvalue weighted by molar-refractivity contribution is 0.0471. The first kappa shape index (κ1) is 18.6. The van der Waals surface area contributed by atoms with E-state index in [0.29, 0.717) is 0 Å². The molecule has 0 radical (unpaired) electrons. The van der Waals surface area contributed by atoms with Crippen molar-refractivity contribution in [3.05, 3.63) is 0 Å². The van der Waals surface area contributed by atoms with Gasteiger partial charge in [-0.15, -0.1) is 3.63 Å². The van der Waals surface area contributed by atoms with Crippen LogP contribution in [0.4, 0.5) is 0 Å². The average molecular weight is 326 g/mol. The molecule has 0 saturated carbocycles. The molecule has 0 fully saturated rings. The monoisotopic (exact) mass is 326 g/mol. The van der Waals surface area contributed by atoms with E-state index in [2.05, 4.69) is 12.0 Å². The quantitative estimate of drug-likeness (QED) is 0.310. The van der Waals surface area contributed by atoms with Gasteiger partial charge >= 0.3 is 20.8 Å². The summed E-state index contributed by atoms with van der Waals surface area (Å²) in [5.74, 6) is 0. The van der Waals surface area contributed by atoms with Gasteiger partial charge in [0.15, 0.2) is 0 Å². The van der Waals surface area contributed by atoms with Crippen LogP contribution in [-0.4, -0.2) is 75.9 Å². The van der Waals surface area contributed by atoms with Crippen LogP contribution in [0.25, 0.3) is 0 Å². The lowest BCUT2D eigenvalue weighted by atomic mass is 10.4. The number of aliphatic hydroxyl groups excluding tert-OH is 4. The first-order valence-electron chi connectivity index (χ1n) is 4.69. The molecule has 2 atom stereocenters. The summed E-state index contributed by atoms with van der Waals surface area (Å²) in [4.78, 5) is 0. The maximum absolute atomic E-state index is 11.0. The summed E-state index contributed by atoms with van der Waals surface area (Å²) in [5.41, 5.74) is 0. The molecule has 0 aromatic carbocycles. The largest absolute Gasteiger partial charge is 0.416 e. The van der Waals surface area contributed by atoms with E-state index in [9.17, 15) is 16.8 Å². The molecular weight excluding hydrogens is 312 g/mol. The zero-order valence-corrected chi connectivity index (χ0v) is 11.1. The minimum absolute atomic E-state index is 0.804.